The van der Waals surface area contributed by atoms with Crippen LogP contribution in [0.4, 0.5) is 13.2 Å². The van der Waals surface area contributed by atoms with Crippen molar-refractivity contribution >= 4 is 32.6 Å². The van der Waals surface area contributed by atoms with Crippen LogP contribution in [0.15, 0.2) is 15.9 Å². The van der Waals surface area contributed by atoms with Crippen molar-refractivity contribution in [2.45, 2.75) is 11.4 Å². The van der Waals surface area contributed by atoms with E-state index < -0.39 is 36.3 Å². The lowest BCUT2D eigenvalue weighted by Crippen LogP contribution is -2.24. The minimum Gasteiger partial charge on any atom is -0.404 e. The Morgan fingerprint density at radius 1 is 1.41 bits per heavy atom. The minimum absolute atomic E-state index is 0.456. The first-order valence-electron chi connectivity index (χ1n) is 3.72. The van der Waals surface area contributed by atoms with Crippen LogP contribution in [0.1, 0.15) is 0 Å². The number of aromatic nitrogens is 1. The fraction of sp³-hybridized carbons (Fsp3) is 0.167. The number of primary sulfonamides is 1. The number of hydrogen-bond donors (Lipinski definition) is 2. The van der Waals surface area contributed by atoms with Gasteiger partial charge in [-0.15, -0.1) is 13.2 Å². The average Bonchev–Trinajstić information content (AvgIpc) is 2.06. The quantitative estimate of drug-likeness (QED) is 0.727. The number of halogens is 4. The Labute approximate surface area is 106 Å². The van der Waals surface area contributed by atoms with Gasteiger partial charge in [0.15, 0.2) is 10.8 Å². The molecule has 1 heterocycles. The van der Waals surface area contributed by atoms with Gasteiger partial charge in [-0.2, -0.15) is 0 Å². The number of alkyl halides is 3. The second kappa shape index (κ2) is 4.45. The molecule has 1 rings (SSSR count). The Hall–Kier alpha value is -0.820. The van der Waals surface area contributed by atoms with Gasteiger partial charge in [0.25, 0.3) is 15.6 Å². The van der Waals surface area contributed by atoms with Crippen molar-refractivity contribution in [1.29, 1.82) is 0 Å². The van der Waals surface area contributed by atoms with Gasteiger partial charge in [0.1, 0.15) is 0 Å². The highest BCUT2D eigenvalue weighted by atomic mass is 127. The molecule has 0 saturated heterocycles. The lowest BCUT2D eigenvalue weighted by Gasteiger charge is -2.11. The van der Waals surface area contributed by atoms with Gasteiger partial charge < -0.3 is 9.72 Å². The van der Waals surface area contributed by atoms with Gasteiger partial charge in [-0.1, -0.05) is 0 Å². The number of rotatable bonds is 2. The second-order valence-electron chi connectivity index (χ2n) is 2.73. The molecule has 0 atom stereocenters. The molecule has 0 spiro atoms. The molecular weight excluding hydrogens is 380 g/mol. The number of sulfonamides is 1. The van der Waals surface area contributed by atoms with Crippen molar-refractivity contribution in [1.82, 2.24) is 4.98 Å². The van der Waals surface area contributed by atoms with E-state index in [1.165, 1.54) is 22.6 Å². The van der Waals surface area contributed by atoms with Crippen LogP contribution in [0.3, 0.4) is 0 Å². The summed E-state index contributed by atoms with van der Waals surface area (Å²) in [6.07, 6.45) is -5.04. The smallest absolute Gasteiger partial charge is 0.404 e. The zero-order valence-electron chi connectivity index (χ0n) is 7.71. The van der Waals surface area contributed by atoms with Crippen molar-refractivity contribution in [2.24, 2.45) is 5.14 Å². The molecular formula is C6H4F3IN2O4S. The van der Waals surface area contributed by atoms with E-state index in [1.54, 1.807) is 0 Å². The van der Waals surface area contributed by atoms with Gasteiger partial charge in [-0.25, -0.2) is 13.6 Å². The zero-order valence-corrected chi connectivity index (χ0v) is 10.7. The predicted molar refractivity (Wildman–Crippen MR) is 57.8 cm³/mol. The van der Waals surface area contributed by atoms with Crippen LogP contribution in [-0.2, 0) is 10.0 Å². The highest BCUT2D eigenvalue weighted by Gasteiger charge is 2.33. The molecule has 0 saturated carbocycles. The van der Waals surface area contributed by atoms with Crippen LogP contribution < -0.4 is 15.4 Å². The summed E-state index contributed by atoms with van der Waals surface area (Å²) >= 11 is 1.27. The maximum Gasteiger partial charge on any atom is 0.573 e. The Bertz CT molecular complexity index is 594. The van der Waals surface area contributed by atoms with Crippen LogP contribution in [0.25, 0.3) is 0 Å². The molecule has 0 radical (unpaired) electrons. The van der Waals surface area contributed by atoms with Crippen LogP contribution >= 0.6 is 22.6 Å². The van der Waals surface area contributed by atoms with E-state index in [0.717, 1.165) is 0 Å². The molecule has 0 aromatic carbocycles. The molecule has 0 amide bonds. The fourth-order valence-corrected chi connectivity index (χ4v) is 2.81. The maximum absolute atomic E-state index is 12.0. The zero-order chi connectivity index (χ0) is 13.4. The maximum atomic E-state index is 12.0. The third-order valence-corrected chi connectivity index (χ3v) is 3.74. The van der Waals surface area contributed by atoms with Crippen LogP contribution in [-0.4, -0.2) is 19.8 Å². The summed E-state index contributed by atoms with van der Waals surface area (Å²) in [7, 11) is -4.34. The summed E-state index contributed by atoms with van der Waals surface area (Å²) in [6.45, 7) is 0. The van der Waals surface area contributed by atoms with Gasteiger partial charge in [0.2, 0.25) is 0 Å². The van der Waals surface area contributed by atoms with Crippen LogP contribution in [0, 0.1) is 3.57 Å². The molecule has 11 heteroatoms. The largest absolute Gasteiger partial charge is 0.573 e. The monoisotopic (exact) mass is 384 g/mol. The van der Waals surface area contributed by atoms with Gasteiger partial charge in [0, 0.05) is 6.07 Å². The third kappa shape index (κ3) is 3.85. The number of nitrogens with two attached hydrogens (primary N) is 1. The lowest BCUT2D eigenvalue weighted by molar-refractivity contribution is -0.275. The Morgan fingerprint density at radius 2 is 1.94 bits per heavy atom. The second-order valence-corrected chi connectivity index (χ2v) is 5.31. The average molecular weight is 384 g/mol. The first-order valence-corrected chi connectivity index (χ1v) is 6.34. The van der Waals surface area contributed by atoms with Crippen molar-refractivity contribution in [2.75, 3.05) is 0 Å². The highest BCUT2D eigenvalue weighted by Crippen LogP contribution is 2.28. The summed E-state index contributed by atoms with van der Waals surface area (Å²) in [5.41, 5.74) is -1.08. The molecule has 3 N–H and O–H groups in total. The normalized spacial score (nSPS) is 12.5. The summed E-state index contributed by atoms with van der Waals surface area (Å²) in [4.78, 5) is 12.8. The third-order valence-electron chi connectivity index (χ3n) is 1.42. The van der Waals surface area contributed by atoms with Gasteiger partial charge >= 0.3 is 6.36 Å². The molecule has 0 aliphatic carbocycles. The molecule has 6 nitrogen and oxygen atoms in total. The van der Waals surface area contributed by atoms with E-state index in [-0.39, 0.29) is 0 Å². The van der Waals surface area contributed by atoms with Crippen molar-refractivity contribution in [3.05, 3.63) is 20.0 Å². The molecule has 17 heavy (non-hydrogen) atoms. The summed E-state index contributed by atoms with van der Waals surface area (Å²) in [5, 5.41) is 3.89. The first-order chi connectivity index (χ1) is 7.50. The summed E-state index contributed by atoms with van der Waals surface area (Å²) in [6, 6.07) is 0.476. The molecule has 0 bridgehead atoms. The fourth-order valence-electron chi connectivity index (χ4n) is 0.892. The summed E-state index contributed by atoms with van der Waals surface area (Å²) < 4.78 is 60.9. The van der Waals surface area contributed by atoms with E-state index in [0.29, 0.717) is 6.07 Å². The van der Waals surface area contributed by atoms with Gasteiger partial charge in [-0.05, 0) is 22.6 Å². The Kier molecular flexibility index (Phi) is 3.73. The number of pyridine rings is 1. The summed E-state index contributed by atoms with van der Waals surface area (Å²) in [5.74, 6) is -0.925. The molecule has 1 aromatic rings. The van der Waals surface area contributed by atoms with E-state index >= 15 is 0 Å². The molecule has 0 aliphatic heterocycles. The standard InChI is InChI=1S/C6H4F3IN2O4S/c7-6(8,9)16-2-1-3(13)12-5(4(2)10)17(11,14)15/h1H,(H,12,13)(H2,11,14,15). The predicted octanol–water partition coefficient (Wildman–Crippen LogP) is 0.526. The number of aromatic amines is 1. The van der Waals surface area contributed by atoms with E-state index in [9.17, 15) is 26.4 Å². The number of ether oxygens (including phenoxy) is 1. The van der Waals surface area contributed by atoms with Gasteiger partial charge in [0.05, 0.1) is 3.57 Å². The van der Waals surface area contributed by atoms with Crippen molar-refractivity contribution in [3.63, 3.8) is 0 Å². The number of H-pyrrole nitrogens is 1. The topological polar surface area (TPSA) is 102 Å². The first kappa shape index (κ1) is 14.2. The van der Waals surface area contributed by atoms with Crippen LogP contribution in [0.2, 0.25) is 0 Å². The SMILES string of the molecule is NS(=O)(=O)c1[nH]c(=O)cc(OC(F)(F)F)c1I. The van der Waals surface area contributed by atoms with Crippen molar-refractivity contribution < 1.29 is 26.3 Å². The molecule has 1 aromatic heterocycles. The van der Waals surface area contributed by atoms with Crippen molar-refractivity contribution in [3.8, 4) is 5.75 Å². The highest BCUT2D eigenvalue weighted by molar-refractivity contribution is 14.1. The van der Waals surface area contributed by atoms with E-state index in [1.807, 2.05) is 4.98 Å². The molecule has 0 aliphatic rings. The molecule has 0 unspecified atom stereocenters. The Morgan fingerprint density at radius 3 is 2.35 bits per heavy atom. The Balaban J connectivity index is 3.45. The molecule has 0 fully saturated rings. The number of nitrogens with one attached hydrogen (secondary N) is 1. The number of hydrogen-bond acceptors (Lipinski definition) is 4. The van der Waals surface area contributed by atoms with Gasteiger partial charge in [-0.3, -0.25) is 4.79 Å². The molecule has 96 valence electrons. The lowest BCUT2D eigenvalue weighted by atomic mass is 10.4. The van der Waals surface area contributed by atoms with E-state index in [2.05, 4.69) is 4.74 Å². The minimum atomic E-state index is -5.04. The van der Waals surface area contributed by atoms with E-state index in [4.69, 9.17) is 5.14 Å². The van der Waals surface area contributed by atoms with Crippen LogP contribution in [0.5, 0.6) is 5.75 Å².